The Labute approximate surface area is 137 Å². The summed E-state index contributed by atoms with van der Waals surface area (Å²) in [6, 6.07) is 11.1. The highest BCUT2D eigenvalue weighted by Gasteiger charge is 2.23. The molecule has 0 saturated heterocycles. The fourth-order valence-corrected chi connectivity index (χ4v) is 3.88. The molecule has 0 amide bonds. The standard InChI is InChI=1S/C15H14BrNO4S/c1-10-7-8-13(12(16)9-10)17-22(19,20)14-6-4-3-5-11(14)15(18)21-2/h3-9,17H,1-2H3. The minimum atomic E-state index is -3.92. The van der Waals surface area contributed by atoms with Gasteiger partial charge in [0.25, 0.3) is 10.0 Å². The fourth-order valence-electron chi connectivity index (χ4n) is 1.88. The van der Waals surface area contributed by atoms with Crippen molar-refractivity contribution >= 4 is 37.6 Å². The first kappa shape index (κ1) is 16.5. The number of ether oxygens (including phenoxy) is 1. The van der Waals surface area contributed by atoms with Crippen LogP contribution >= 0.6 is 15.9 Å². The summed E-state index contributed by atoms with van der Waals surface area (Å²) in [5, 5.41) is 0. The van der Waals surface area contributed by atoms with E-state index in [2.05, 4.69) is 25.4 Å². The van der Waals surface area contributed by atoms with Crippen LogP contribution in [0.15, 0.2) is 51.8 Å². The molecule has 5 nitrogen and oxygen atoms in total. The first-order chi connectivity index (χ1) is 10.3. The monoisotopic (exact) mass is 383 g/mol. The van der Waals surface area contributed by atoms with Gasteiger partial charge in [-0.2, -0.15) is 0 Å². The Morgan fingerprint density at radius 1 is 1.18 bits per heavy atom. The third kappa shape index (κ3) is 3.48. The van der Waals surface area contributed by atoms with Crippen LogP contribution < -0.4 is 4.72 Å². The number of sulfonamides is 1. The van der Waals surface area contributed by atoms with Crippen LogP contribution in [0.4, 0.5) is 5.69 Å². The van der Waals surface area contributed by atoms with Crippen molar-refractivity contribution in [3.05, 3.63) is 58.1 Å². The first-order valence-electron chi connectivity index (χ1n) is 6.31. The fraction of sp³-hybridized carbons (Fsp3) is 0.133. The van der Waals surface area contributed by atoms with Crippen LogP contribution in [-0.2, 0) is 14.8 Å². The number of hydrogen-bond acceptors (Lipinski definition) is 4. The van der Waals surface area contributed by atoms with Gasteiger partial charge in [-0.05, 0) is 52.7 Å². The Balaban J connectivity index is 2.45. The summed E-state index contributed by atoms with van der Waals surface area (Å²) in [4.78, 5) is 11.6. The molecule has 0 unspecified atom stereocenters. The van der Waals surface area contributed by atoms with Gasteiger partial charge in [0.05, 0.1) is 18.4 Å². The van der Waals surface area contributed by atoms with Crippen molar-refractivity contribution in [2.24, 2.45) is 0 Å². The summed E-state index contributed by atoms with van der Waals surface area (Å²) < 4.78 is 32.8. The molecule has 2 aromatic rings. The zero-order valence-corrected chi connectivity index (χ0v) is 14.4. The zero-order chi connectivity index (χ0) is 16.3. The highest BCUT2D eigenvalue weighted by atomic mass is 79.9. The zero-order valence-electron chi connectivity index (χ0n) is 12.0. The van der Waals surface area contributed by atoms with Crippen molar-refractivity contribution in [3.63, 3.8) is 0 Å². The Hall–Kier alpha value is -1.86. The maximum Gasteiger partial charge on any atom is 0.339 e. The Morgan fingerprint density at radius 2 is 1.86 bits per heavy atom. The van der Waals surface area contributed by atoms with Crippen molar-refractivity contribution in [1.82, 2.24) is 0 Å². The Bertz CT molecular complexity index is 818. The summed E-state index contributed by atoms with van der Waals surface area (Å²) in [7, 11) is -2.71. The van der Waals surface area contributed by atoms with E-state index in [0.717, 1.165) is 5.56 Å². The number of benzene rings is 2. The molecule has 2 aromatic carbocycles. The van der Waals surface area contributed by atoms with E-state index in [1.807, 2.05) is 6.92 Å². The predicted octanol–water partition coefficient (Wildman–Crippen LogP) is 3.34. The molecule has 0 aliphatic heterocycles. The van der Waals surface area contributed by atoms with Gasteiger partial charge in [-0.1, -0.05) is 18.2 Å². The van der Waals surface area contributed by atoms with Gasteiger partial charge in [0.1, 0.15) is 4.90 Å². The highest BCUT2D eigenvalue weighted by Crippen LogP contribution is 2.27. The lowest BCUT2D eigenvalue weighted by Crippen LogP contribution is -2.17. The number of nitrogens with one attached hydrogen (secondary N) is 1. The average molecular weight is 384 g/mol. The van der Waals surface area contributed by atoms with Crippen molar-refractivity contribution in [2.75, 3.05) is 11.8 Å². The first-order valence-corrected chi connectivity index (χ1v) is 8.59. The van der Waals surface area contributed by atoms with Gasteiger partial charge in [0.15, 0.2) is 0 Å². The lowest BCUT2D eigenvalue weighted by atomic mass is 10.2. The molecule has 0 saturated carbocycles. The Morgan fingerprint density at radius 3 is 2.50 bits per heavy atom. The van der Waals surface area contributed by atoms with Gasteiger partial charge in [-0.15, -0.1) is 0 Å². The molecule has 0 bridgehead atoms. The van der Waals surface area contributed by atoms with Gasteiger partial charge in [-0.3, -0.25) is 4.72 Å². The quantitative estimate of drug-likeness (QED) is 0.821. The van der Waals surface area contributed by atoms with E-state index >= 15 is 0 Å². The molecule has 0 aliphatic rings. The summed E-state index contributed by atoms with van der Waals surface area (Å²) in [6.07, 6.45) is 0. The van der Waals surface area contributed by atoms with E-state index in [-0.39, 0.29) is 10.5 Å². The van der Waals surface area contributed by atoms with E-state index < -0.39 is 16.0 Å². The largest absolute Gasteiger partial charge is 0.465 e. The number of rotatable bonds is 4. The van der Waals surface area contributed by atoms with Crippen LogP contribution in [0, 0.1) is 6.92 Å². The molecule has 7 heteroatoms. The SMILES string of the molecule is COC(=O)c1ccccc1S(=O)(=O)Nc1ccc(C)cc1Br. The number of esters is 1. The predicted molar refractivity (Wildman–Crippen MR) is 87.5 cm³/mol. The normalized spacial score (nSPS) is 11.0. The second kappa shape index (κ2) is 6.50. The summed E-state index contributed by atoms with van der Waals surface area (Å²) in [6.45, 7) is 1.90. The third-order valence-electron chi connectivity index (χ3n) is 2.95. The minimum Gasteiger partial charge on any atom is -0.465 e. The molecule has 1 N–H and O–H groups in total. The average Bonchev–Trinajstić information content (AvgIpc) is 2.49. The second-order valence-electron chi connectivity index (χ2n) is 4.58. The van der Waals surface area contributed by atoms with Crippen molar-refractivity contribution in [2.45, 2.75) is 11.8 Å². The number of carbonyl (C=O) groups excluding carboxylic acids is 1. The topological polar surface area (TPSA) is 72.5 Å². The number of anilines is 1. The van der Waals surface area contributed by atoms with Crippen LogP contribution in [0.1, 0.15) is 15.9 Å². The van der Waals surface area contributed by atoms with E-state index in [4.69, 9.17) is 0 Å². The summed E-state index contributed by atoms with van der Waals surface area (Å²) in [5.41, 5.74) is 1.37. The molecule has 0 spiro atoms. The van der Waals surface area contributed by atoms with Gasteiger partial charge in [0, 0.05) is 4.47 Å². The van der Waals surface area contributed by atoms with E-state index in [1.54, 1.807) is 30.3 Å². The van der Waals surface area contributed by atoms with Crippen LogP contribution in [0.2, 0.25) is 0 Å². The van der Waals surface area contributed by atoms with Crippen molar-refractivity contribution in [3.8, 4) is 0 Å². The van der Waals surface area contributed by atoms with Gasteiger partial charge < -0.3 is 4.74 Å². The number of carbonyl (C=O) groups is 1. The molecule has 0 atom stereocenters. The lowest BCUT2D eigenvalue weighted by molar-refractivity contribution is 0.0596. The minimum absolute atomic E-state index is 0.0132. The van der Waals surface area contributed by atoms with Crippen molar-refractivity contribution in [1.29, 1.82) is 0 Å². The van der Waals surface area contributed by atoms with Crippen LogP contribution in [0.3, 0.4) is 0 Å². The lowest BCUT2D eigenvalue weighted by Gasteiger charge is -2.12. The molecule has 2 rings (SSSR count). The summed E-state index contributed by atoms with van der Waals surface area (Å²) >= 11 is 3.31. The van der Waals surface area contributed by atoms with Gasteiger partial charge in [-0.25, -0.2) is 13.2 Å². The number of hydrogen-bond donors (Lipinski definition) is 1. The molecule has 0 fully saturated rings. The van der Waals surface area contributed by atoms with E-state index in [0.29, 0.717) is 10.2 Å². The molecule has 0 heterocycles. The van der Waals surface area contributed by atoms with Crippen LogP contribution in [0.5, 0.6) is 0 Å². The highest BCUT2D eigenvalue weighted by molar-refractivity contribution is 9.10. The van der Waals surface area contributed by atoms with E-state index in [9.17, 15) is 13.2 Å². The number of halogens is 1. The number of methoxy groups -OCH3 is 1. The van der Waals surface area contributed by atoms with Crippen molar-refractivity contribution < 1.29 is 17.9 Å². The number of aryl methyl sites for hydroxylation is 1. The third-order valence-corrected chi connectivity index (χ3v) is 5.03. The van der Waals surface area contributed by atoms with Crippen LogP contribution in [-0.4, -0.2) is 21.5 Å². The molecular weight excluding hydrogens is 370 g/mol. The molecule has 116 valence electrons. The summed E-state index contributed by atoms with van der Waals surface area (Å²) in [5.74, 6) is -0.705. The Kier molecular flexibility index (Phi) is 4.87. The molecule has 0 aliphatic carbocycles. The maximum atomic E-state index is 12.5. The molecule has 0 aromatic heterocycles. The van der Waals surface area contributed by atoms with Crippen LogP contribution in [0.25, 0.3) is 0 Å². The second-order valence-corrected chi connectivity index (χ2v) is 7.08. The maximum absolute atomic E-state index is 12.5. The molecule has 0 radical (unpaired) electrons. The molecule has 22 heavy (non-hydrogen) atoms. The van der Waals surface area contributed by atoms with Gasteiger partial charge >= 0.3 is 5.97 Å². The smallest absolute Gasteiger partial charge is 0.339 e. The van der Waals surface area contributed by atoms with Gasteiger partial charge in [0.2, 0.25) is 0 Å². The van der Waals surface area contributed by atoms with E-state index in [1.165, 1.54) is 19.2 Å². The molecular formula is C15H14BrNO4S.